The summed E-state index contributed by atoms with van der Waals surface area (Å²) in [5.41, 5.74) is 6.22. The predicted octanol–water partition coefficient (Wildman–Crippen LogP) is 2.08. The molecule has 92 valence electrons. The Labute approximate surface area is 104 Å². The van der Waals surface area contributed by atoms with Crippen LogP contribution in [0.3, 0.4) is 0 Å². The second kappa shape index (κ2) is 6.92. The molecule has 17 heavy (non-hydrogen) atoms. The Hall–Kier alpha value is -1.54. The molecular formula is C12H16N2O2S. The highest BCUT2D eigenvalue weighted by Gasteiger charge is 2.10. The third-order valence-electron chi connectivity index (χ3n) is 2.30. The van der Waals surface area contributed by atoms with Gasteiger partial charge in [-0.2, -0.15) is 5.26 Å². The number of unbranched alkanes of at least 4 members (excludes halogenated alkanes) is 2. The molecule has 0 fully saturated rings. The minimum absolute atomic E-state index is 0.510. The largest absolute Gasteiger partial charge is 0.495 e. The average molecular weight is 252 g/mol. The number of nitrogens with two attached hydrogens (primary N) is 1. The Morgan fingerprint density at radius 2 is 2.24 bits per heavy atom. The van der Waals surface area contributed by atoms with Gasteiger partial charge in [-0.1, -0.05) is 0 Å². The summed E-state index contributed by atoms with van der Waals surface area (Å²) >= 11 is 0. The van der Waals surface area contributed by atoms with Gasteiger partial charge in [-0.15, -0.1) is 0 Å². The molecule has 0 aliphatic carbocycles. The van der Waals surface area contributed by atoms with E-state index >= 15 is 0 Å². The van der Waals surface area contributed by atoms with E-state index in [1.54, 1.807) is 18.2 Å². The molecule has 4 nitrogen and oxygen atoms in total. The van der Waals surface area contributed by atoms with Crippen molar-refractivity contribution in [1.29, 1.82) is 5.26 Å². The number of nitrogen functional groups attached to an aromatic ring is 1. The fourth-order valence-corrected chi connectivity index (χ4v) is 2.69. The van der Waals surface area contributed by atoms with Gasteiger partial charge < -0.3 is 10.5 Å². The monoisotopic (exact) mass is 252 g/mol. The molecule has 0 saturated heterocycles. The molecule has 1 aromatic rings. The summed E-state index contributed by atoms with van der Waals surface area (Å²) < 4.78 is 17.2. The van der Waals surface area contributed by atoms with Crippen molar-refractivity contribution in [1.82, 2.24) is 0 Å². The highest BCUT2D eigenvalue weighted by molar-refractivity contribution is 7.85. The molecule has 0 aliphatic rings. The van der Waals surface area contributed by atoms with Crippen LogP contribution in [0.4, 0.5) is 5.69 Å². The third-order valence-corrected chi connectivity index (χ3v) is 3.79. The van der Waals surface area contributed by atoms with Gasteiger partial charge in [0.15, 0.2) is 0 Å². The highest BCUT2D eigenvalue weighted by atomic mass is 32.2. The first kappa shape index (κ1) is 13.5. The summed E-state index contributed by atoms with van der Waals surface area (Å²) in [5, 5.41) is 8.40. The summed E-state index contributed by atoms with van der Waals surface area (Å²) in [6, 6.07) is 7.18. The zero-order valence-corrected chi connectivity index (χ0v) is 10.6. The number of nitrogens with zero attached hydrogens (tertiary/aromatic N) is 1. The zero-order chi connectivity index (χ0) is 12.7. The van der Waals surface area contributed by atoms with E-state index in [1.165, 1.54) is 7.11 Å². The first-order valence-corrected chi connectivity index (χ1v) is 6.69. The van der Waals surface area contributed by atoms with Crippen LogP contribution in [-0.2, 0) is 10.8 Å². The predicted molar refractivity (Wildman–Crippen MR) is 68.1 cm³/mol. The first-order valence-electron chi connectivity index (χ1n) is 5.38. The number of hydrogen-bond acceptors (Lipinski definition) is 4. The van der Waals surface area contributed by atoms with Crippen LogP contribution in [0.5, 0.6) is 5.75 Å². The molecule has 0 bridgehead atoms. The Kier molecular flexibility index (Phi) is 5.50. The quantitative estimate of drug-likeness (QED) is 0.621. The molecule has 0 radical (unpaired) electrons. The highest BCUT2D eigenvalue weighted by Crippen LogP contribution is 2.25. The van der Waals surface area contributed by atoms with E-state index in [0.29, 0.717) is 28.5 Å². The lowest BCUT2D eigenvalue weighted by Gasteiger charge is -2.08. The average Bonchev–Trinajstić information content (AvgIpc) is 2.34. The van der Waals surface area contributed by atoms with E-state index in [0.717, 1.165) is 12.8 Å². The van der Waals surface area contributed by atoms with E-state index in [2.05, 4.69) is 6.07 Å². The number of nitriles is 1. The molecule has 1 rings (SSSR count). The Bertz CT molecular complexity index is 441. The van der Waals surface area contributed by atoms with Gasteiger partial charge in [-0.3, -0.25) is 4.21 Å². The minimum atomic E-state index is -1.10. The summed E-state index contributed by atoms with van der Waals surface area (Å²) in [4.78, 5) is 0.665. The molecular weight excluding hydrogens is 236 g/mol. The Balaban J connectivity index is 2.65. The van der Waals surface area contributed by atoms with E-state index in [9.17, 15) is 4.21 Å². The number of benzene rings is 1. The normalized spacial score (nSPS) is 11.8. The summed E-state index contributed by atoms with van der Waals surface area (Å²) in [6.07, 6.45) is 2.06. The smallest absolute Gasteiger partial charge is 0.137 e. The van der Waals surface area contributed by atoms with Gasteiger partial charge in [-0.05, 0) is 25.0 Å². The molecule has 1 unspecified atom stereocenters. The van der Waals surface area contributed by atoms with Crippen molar-refractivity contribution < 1.29 is 8.95 Å². The van der Waals surface area contributed by atoms with Gasteiger partial charge in [-0.25, -0.2) is 0 Å². The standard InChI is InChI=1S/C12H16N2O2S/c1-16-11-9-10(14)5-6-12(11)17(15)8-4-2-3-7-13/h5-6,9H,2-4,8,14H2,1H3. The van der Waals surface area contributed by atoms with Crippen molar-refractivity contribution in [2.24, 2.45) is 0 Å². The van der Waals surface area contributed by atoms with Crippen molar-refractivity contribution in [3.05, 3.63) is 18.2 Å². The number of anilines is 1. The van der Waals surface area contributed by atoms with Crippen LogP contribution in [0.2, 0.25) is 0 Å². The second-order valence-corrected chi connectivity index (χ2v) is 5.11. The molecule has 0 saturated carbocycles. The summed E-state index contributed by atoms with van der Waals surface area (Å²) in [7, 11) is 0.436. The van der Waals surface area contributed by atoms with Gasteiger partial charge >= 0.3 is 0 Å². The Morgan fingerprint density at radius 1 is 1.47 bits per heavy atom. The lowest BCUT2D eigenvalue weighted by atomic mass is 10.3. The molecule has 0 amide bonds. The minimum Gasteiger partial charge on any atom is -0.495 e. The van der Waals surface area contributed by atoms with Gasteiger partial charge in [0.25, 0.3) is 0 Å². The van der Waals surface area contributed by atoms with E-state index in [4.69, 9.17) is 15.7 Å². The van der Waals surface area contributed by atoms with Crippen LogP contribution in [0.1, 0.15) is 19.3 Å². The summed E-state index contributed by atoms with van der Waals surface area (Å²) in [5.74, 6) is 1.10. The lowest BCUT2D eigenvalue weighted by Crippen LogP contribution is -2.01. The van der Waals surface area contributed by atoms with Crippen molar-refractivity contribution in [2.75, 3.05) is 18.6 Å². The van der Waals surface area contributed by atoms with Gasteiger partial charge in [0.2, 0.25) is 0 Å². The maximum Gasteiger partial charge on any atom is 0.137 e. The topological polar surface area (TPSA) is 76.1 Å². The molecule has 1 atom stereocenters. The van der Waals surface area contributed by atoms with Gasteiger partial charge in [0.1, 0.15) is 5.75 Å². The SMILES string of the molecule is COc1cc(N)ccc1S(=O)CCCCC#N. The zero-order valence-electron chi connectivity index (χ0n) is 9.81. The van der Waals surface area contributed by atoms with E-state index in [-0.39, 0.29) is 0 Å². The third kappa shape index (κ3) is 4.08. The van der Waals surface area contributed by atoms with Crippen molar-refractivity contribution in [3.63, 3.8) is 0 Å². The van der Waals surface area contributed by atoms with Crippen LogP contribution in [0.15, 0.2) is 23.1 Å². The van der Waals surface area contributed by atoms with Crippen LogP contribution < -0.4 is 10.5 Å². The van der Waals surface area contributed by atoms with Gasteiger partial charge in [0, 0.05) is 23.9 Å². The second-order valence-electron chi connectivity index (χ2n) is 3.58. The number of rotatable bonds is 6. The fraction of sp³-hybridized carbons (Fsp3) is 0.417. The number of ether oxygens (including phenoxy) is 1. The number of hydrogen-bond donors (Lipinski definition) is 1. The van der Waals surface area contributed by atoms with E-state index < -0.39 is 10.8 Å². The van der Waals surface area contributed by atoms with Gasteiger partial charge in [0.05, 0.1) is 28.9 Å². The van der Waals surface area contributed by atoms with Crippen molar-refractivity contribution >= 4 is 16.5 Å². The fourth-order valence-electron chi connectivity index (χ4n) is 1.42. The number of methoxy groups -OCH3 is 1. The molecule has 2 N–H and O–H groups in total. The molecule has 0 spiro atoms. The van der Waals surface area contributed by atoms with Crippen molar-refractivity contribution in [3.8, 4) is 11.8 Å². The van der Waals surface area contributed by atoms with Crippen molar-refractivity contribution in [2.45, 2.75) is 24.2 Å². The molecule has 5 heteroatoms. The van der Waals surface area contributed by atoms with Crippen LogP contribution in [0.25, 0.3) is 0 Å². The van der Waals surface area contributed by atoms with Crippen LogP contribution in [0, 0.1) is 11.3 Å². The van der Waals surface area contributed by atoms with E-state index in [1.807, 2.05) is 0 Å². The van der Waals surface area contributed by atoms with Crippen LogP contribution >= 0.6 is 0 Å². The summed E-state index contributed by atoms with van der Waals surface area (Å²) in [6.45, 7) is 0. The first-order chi connectivity index (χ1) is 8.19. The molecule has 1 aromatic carbocycles. The molecule has 0 aromatic heterocycles. The Morgan fingerprint density at radius 3 is 2.88 bits per heavy atom. The maximum absolute atomic E-state index is 12.0. The molecule has 0 aliphatic heterocycles. The lowest BCUT2D eigenvalue weighted by molar-refractivity contribution is 0.404. The van der Waals surface area contributed by atoms with Crippen LogP contribution in [-0.4, -0.2) is 17.1 Å². The molecule has 0 heterocycles. The maximum atomic E-state index is 12.0.